The van der Waals surface area contributed by atoms with E-state index in [0.717, 1.165) is 5.76 Å². The Morgan fingerprint density at radius 1 is 1.47 bits per heavy atom. The fraction of sp³-hybridized carbons (Fsp3) is 0.615. The number of carbonyl (C=O) groups excluding carboxylic acids is 1. The smallest absolute Gasteiger partial charge is 0.223 e. The van der Waals surface area contributed by atoms with Crippen LogP contribution in [0.15, 0.2) is 22.8 Å². The summed E-state index contributed by atoms with van der Waals surface area (Å²) in [6.45, 7) is 3.36. The van der Waals surface area contributed by atoms with Gasteiger partial charge in [-0.25, -0.2) is 8.42 Å². The summed E-state index contributed by atoms with van der Waals surface area (Å²) >= 11 is 0. The highest BCUT2D eigenvalue weighted by Crippen LogP contribution is 2.08. The van der Waals surface area contributed by atoms with Gasteiger partial charge in [0.15, 0.2) is 9.84 Å². The molecule has 19 heavy (non-hydrogen) atoms. The molecule has 0 N–H and O–H groups in total. The van der Waals surface area contributed by atoms with Gasteiger partial charge in [0.2, 0.25) is 5.91 Å². The van der Waals surface area contributed by atoms with Crippen LogP contribution in [0, 0.1) is 0 Å². The summed E-state index contributed by atoms with van der Waals surface area (Å²) in [4.78, 5) is 13.4. The Bertz CT molecular complexity index is 493. The molecule has 0 aliphatic rings. The molecule has 0 aliphatic heterocycles. The van der Waals surface area contributed by atoms with Gasteiger partial charge in [-0.3, -0.25) is 4.79 Å². The Balaban J connectivity index is 2.47. The summed E-state index contributed by atoms with van der Waals surface area (Å²) in [5, 5.41) is 0. The Hall–Kier alpha value is -1.30. The maximum atomic E-state index is 11.9. The molecule has 6 heteroatoms. The van der Waals surface area contributed by atoms with Gasteiger partial charge in [-0.2, -0.15) is 0 Å². The molecule has 0 aromatic carbocycles. The molecule has 0 saturated carbocycles. The first-order chi connectivity index (χ1) is 8.85. The van der Waals surface area contributed by atoms with Gasteiger partial charge in [0.25, 0.3) is 0 Å². The molecule has 1 rings (SSSR count). The first-order valence-corrected chi connectivity index (χ1v) is 8.16. The van der Waals surface area contributed by atoms with E-state index in [4.69, 9.17) is 4.42 Å². The van der Waals surface area contributed by atoms with Crippen molar-refractivity contribution >= 4 is 15.7 Å². The van der Waals surface area contributed by atoms with E-state index in [1.807, 2.05) is 6.07 Å². The molecule has 0 unspecified atom stereocenters. The van der Waals surface area contributed by atoms with Crippen LogP contribution in [0.3, 0.4) is 0 Å². The van der Waals surface area contributed by atoms with E-state index in [2.05, 4.69) is 0 Å². The van der Waals surface area contributed by atoms with Gasteiger partial charge < -0.3 is 9.32 Å². The van der Waals surface area contributed by atoms with Gasteiger partial charge in [0.05, 0.1) is 12.0 Å². The zero-order valence-electron chi connectivity index (χ0n) is 11.6. The maximum Gasteiger partial charge on any atom is 0.223 e. The van der Waals surface area contributed by atoms with Crippen molar-refractivity contribution < 1.29 is 17.6 Å². The predicted molar refractivity (Wildman–Crippen MR) is 73.6 cm³/mol. The normalized spacial score (nSPS) is 13.2. The van der Waals surface area contributed by atoms with Crippen molar-refractivity contribution in [3.05, 3.63) is 24.2 Å². The average Bonchev–Trinajstić information content (AvgIpc) is 2.87. The van der Waals surface area contributed by atoms with Crippen LogP contribution < -0.4 is 0 Å². The van der Waals surface area contributed by atoms with Gasteiger partial charge in [-0.05, 0) is 19.1 Å². The third kappa shape index (κ3) is 5.06. The zero-order valence-corrected chi connectivity index (χ0v) is 12.4. The van der Waals surface area contributed by atoms with Crippen molar-refractivity contribution in [3.63, 3.8) is 0 Å². The van der Waals surface area contributed by atoms with Crippen LogP contribution in [-0.2, 0) is 21.1 Å². The first kappa shape index (κ1) is 15.8. The monoisotopic (exact) mass is 287 g/mol. The number of rotatable bonds is 7. The third-order valence-electron chi connectivity index (χ3n) is 3.15. The number of hydrogen-bond acceptors (Lipinski definition) is 4. The summed E-state index contributed by atoms with van der Waals surface area (Å²) in [5.41, 5.74) is 0. The zero-order chi connectivity index (χ0) is 14.5. The minimum absolute atomic E-state index is 0.00644. The van der Waals surface area contributed by atoms with E-state index in [-0.39, 0.29) is 23.5 Å². The van der Waals surface area contributed by atoms with E-state index in [0.29, 0.717) is 12.8 Å². The van der Waals surface area contributed by atoms with Crippen LogP contribution >= 0.6 is 0 Å². The van der Waals surface area contributed by atoms with E-state index in [1.165, 1.54) is 4.90 Å². The SMILES string of the molecule is CCS(=O)(=O)C[C@@H](C)N(C)C(=O)CCc1ccco1. The molecule has 0 fully saturated rings. The van der Waals surface area contributed by atoms with E-state index in [9.17, 15) is 13.2 Å². The summed E-state index contributed by atoms with van der Waals surface area (Å²) in [7, 11) is -1.43. The standard InChI is InChI=1S/C13H21NO4S/c1-4-19(16,17)10-11(2)14(3)13(15)8-7-12-6-5-9-18-12/h5-6,9,11H,4,7-8,10H2,1-3H3/t11-/m1/s1. The van der Waals surface area contributed by atoms with Crippen LogP contribution in [0.2, 0.25) is 0 Å². The fourth-order valence-corrected chi connectivity index (χ4v) is 2.90. The number of hydrogen-bond donors (Lipinski definition) is 0. The summed E-state index contributed by atoms with van der Waals surface area (Å²) in [6.07, 6.45) is 2.42. The Morgan fingerprint density at radius 3 is 2.68 bits per heavy atom. The average molecular weight is 287 g/mol. The lowest BCUT2D eigenvalue weighted by atomic mass is 10.2. The molecule has 0 radical (unpaired) electrons. The molecular weight excluding hydrogens is 266 g/mol. The lowest BCUT2D eigenvalue weighted by Gasteiger charge is -2.24. The predicted octanol–water partition coefficient (Wildman–Crippen LogP) is 1.49. The number of aryl methyl sites for hydroxylation is 1. The van der Waals surface area contributed by atoms with Crippen LogP contribution in [0.4, 0.5) is 0 Å². The molecule has 1 aromatic rings. The lowest BCUT2D eigenvalue weighted by molar-refractivity contribution is -0.131. The minimum Gasteiger partial charge on any atom is -0.469 e. The second-order valence-electron chi connectivity index (χ2n) is 4.63. The fourth-order valence-electron chi connectivity index (χ4n) is 1.70. The van der Waals surface area contributed by atoms with Gasteiger partial charge in [0, 0.05) is 31.7 Å². The van der Waals surface area contributed by atoms with Gasteiger partial charge >= 0.3 is 0 Å². The van der Waals surface area contributed by atoms with Crippen molar-refractivity contribution in [3.8, 4) is 0 Å². The van der Waals surface area contributed by atoms with Gasteiger partial charge in [-0.15, -0.1) is 0 Å². The van der Waals surface area contributed by atoms with E-state index < -0.39 is 9.84 Å². The van der Waals surface area contributed by atoms with Crippen molar-refractivity contribution in [2.75, 3.05) is 18.6 Å². The number of sulfone groups is 1. The molecule has 5 nitrogen and oxygen atoms in total. The van der Waals surface area contributed by atoms with E-state index >= 15 is 0 Å². The maximum absolute atomic E-state index is 11.9. The van der Waals surface area contributed by atoms with Crippen molar-refractivity contribution in [2.24, 2.45) is 0 Å². The van der Waals surface area contributed by atoms with Crippen molar-refractivity contribution in [1.82, 2.24) is 4.90 Å². The molecule has 1 amide bonds. The van der Waals surface area contributed by atoms with Crippen LogP contribution in [0.25, 0.3) is 0 Å². The number of amides is 1. The summed E-state index contributed by atoms with van der Waals surface area (Å²) in [5.74, 6) is 0.795. The molecule has 0 spiro atoms. The van der Waals surface area contributed by atoms with Crippen molar-refractivity contribution in [1.29, 1.82) is 0 Å². The second-order valence-corrected chi connectivity index (χ2v) is 7.03. The van der Waals surface area contributed by atoms with Crippen molar-refractivity contribution in [2.45, 2.75) is 32.7 Å². The minimum atomic E-state index is -3.07. The second kappa shape index (κ2) is 6.75. The molecular formula is C13H21NO4S. The van der Waals surface area contributed by atoms with Gasteiger partial charge in [-0.1, -0.05) is 6.92 Å². The summed E-state index contributed by atoms with van der Waals surface area (Å²) < 4.78 is 28.2. The molecule has 108 valence electrons. The molecule has 1 aromatic heterocycles. The Labute approximate surface area is 114 Å². The highest BCUT2D eigenvalue weighted by Gasteiger charge is 2.21. The molecule has 0 aliphatic carbocycles. The quantitative estimate of drug-likeness (QED) is 0.762. The largest absolute Gasteiger partial charge is 0.469 e. The van der Waals surface area contributed by atoms with Crippen LogP contribution in [-0.4, -0.2) is 43.8 Å². The highest BCUT2D eigenvalue weighted by atomic mass is 32.2. The molecule has 1 heterocycles. The number of furan rings is 1. The highest BCUT2D eigenvalue weighted by molar-refractivity contribution is 7.91. The Kier molecular flexibility index (Phi) is 5.60. The van der Waals surface area contributed by atoms with Gasteiger partial charge in [0.1, 0.15) is 5.76 Å². The van der Waals surface area contributed by atoms with Crippen LogP contribution in [0.1, 0.15) is 26.0 Å². The van der Waals surface area contributed by atoms with E-state index in [1.54, 1.807) is 33.2 Å². The first-order valence-electron chi connectivity index (χ1n) is 6.34. The Morgan fingerprint density at radius 2 is 2.16 bits per heavy atom. The lowest BCUT2D eigenvalue weighted by Crippen LogP contribution is -2.39. The third-order valence-corrected chi connectivity index (χ3v) is 5.02. The molecule has 0 bridgehead atoms. The topological polar surface area (TPSA) is 67.6 Å². The molecule has 1 atom stereocenters. The number of nitrogens with zero attached hydrogens (tertiary/aromatic N) is 1. The molecule has 0 saturated heterocycles. The number of carbonyl (C=O) groups is 1. The summed E-state index contributed by atoms with van der Waals surface area (Å²) in [6, 6.07) is 3.28. The van der Waals surface area contributed by atoms with Crippen LogP contribution in [0.5, 0.6) is 0 Å².